The third kappa shape index (κ3) is 6.76. The van der Waals surface area contributed by atoms with Crippen molar-refractivity contribution in [2.45, 2.75) is 24.0 Å². The van der Waals surface area contributed by atoms with Crippen LogP contribution in [0.1, 0.15) is 12.0 Å². The molecule has 1 aromatic rings. The minimum atomic E-state index is -4.23. The van der Waals surface area contributed by atoms with Crippen LogP contribution in [-0.2, 0) is 16.6 Å². The topological polar surface area (TPSA) is 96.6 Å². The highest BCUT2D eigenvalue weighted by Gasteiger charge is 2.26. The fourth-order valence-corrected chi connectivity index (χ4v) is 2.04. The molecular weight excluding hydrogens is 321 g/mol. The number of benzene rings is 1. The number of halogens is 3. The molecule has 0 spiro atoms. The highest BCUT2D eigenvalue weighted by atomic mass is 32.2. The number of aliphatic imine (C=N–C) groups is 1. The summed E-state index contributed by atoms with van der Waals surface area (Å²) in [6.45, 7) is -0.00980. The molecule has 22 heavy (non-hydrogen) atoms. The zero-order valence-corrected chi connectivity index (χ0v) is 12.6. The lowest BCUT2D eigenvalue weighted by Gasteiger charge is -2.13. The monoisotopic (exact) mass is 338 g/mol. The van der Waals surface area contributed by atoms with Crippen LogP contribution >= 0.6 is 0 Å². The number of guanidine groups is 1. The minimum Gasteiger partial charge on any atom is -0.356 e. The standard InChI is InChI=1S/C12H17F3N4O2S/c1-17-11(18-7-6-12(13,14)15)19-8-9-2-4-10(5-3-9)22(16,20)21/h2-5H,6-8H2,1H3,(H2,16,20,21)(H2,17,18,19). The van der Waals surface area contributed by atoms with Gasteiger partial charge in [0.2, 0.25) is 10.0 Å². The molecule has 1 aromatic carbocycles. The smallest absolute Gasteiger partial charge is 0.356 e. The lowest BCUT2D eigenvalue weighted by Crippen LogP contribution is -2.38. The molecule has 0 atom stereocenters. The summed E-state index contributed by atoms with van der Waals surface area (Å²) < 4.78 is 58.3. The maximum atomic E-state index is 12.0. The van der Waals surface area contributed by atoms with Gasteiger partial charge in [-0.25, -0.2) is 13.6 Å². The third-order valence-electron chi connectivity index (χ3n) is 2.64. The molecule has 0 aliphatic heterocycles. The molecular formula is C12H17F3N4O2S. The Bertz CT molecular complexity index is 612. The Hall–Kier alpha value is -1.81. The molecule has 1 rings (SSSR count). The highest BCUT2D eigenvalue weighted by Crippen LogP contribution is 2.18. The molecule has 0 unspecified atom stereocenters. The van der Waals surface area contributed by atoms with Crippen LogP contribution in [0.5, 0.6) is 0 Å². The zero-order valence-electron chi connectivity index (χ0n) is 11.8. The zero-order chi connectivity index (χ0) is 16.8. The summed E-state index contributed by atoms with van der Waals surface area (Å²) in [5.74, 6) is 0.222. The number of alkyl halides is 3. The van der Waals surface area contributed by atoms with Gasteiger partial charge in [-0.3, -0.25) is 4.99 Å². The van der Waals surface area contributed by atoms with E-state index < -0.39 is 22.6 Å². The molecule has 0 bridgehead atoms. The van der Waals surface area contributed by atoms with Crippen molar-refractivity contribution >= 4 is 16.0 Å². The number of nitrogens with zero attached hydrogens (tertiary/aromatic N) is 1. The van der Waals surface area contributed by atoms with Crippen molar-refractivity contribution in [1.29, 1.82) is 0 Å². The summed E-state index contributed by atoms with van der Waals surface area (Å²) in [4.78, 5) is 3.78. The van der Waals surface area contributed by atoms with Gasteiger partial charge in [-0.15, -0.1) is 0 Å². The van der Waals surface area contributed by atoms with Gasteiger partial charge in [0.1, 0.15) is 0 Å². The molecule has 0 saturated heterocycles. The van der Waals surface area contributed by atoms with E-state index in [2.05, 4.69) is 15.6 Å². The van der Waals surface area contributed by atoms with Gasteiger partial charge in [0, 0.05) is 20.1 Å². The van der Waals surface area contributed by atoms with E-state index in [1.807, 2.05) is 0 Å². The molecule has 0 aliphatic carbocycles. The summed E-state index contributed by atoms with van der Waals surface area (Å²) in [6, 6.07) is 5.81. The van der Waals surface area contributed by atoms with Gasteiger partial charge < -0.3 is 10.6 Å². The summed E-state index contributed by atoms with van der Waals surface area (Å²) in [5.41, 5.74) is 0.728. The van der Waals surface area contributed by atoms with Crippen molar-refractivity contribution in [3.05, 3.63) is 29.8 Å². The van der Waals surface area contributed by atoms with Crippen molar-refractivity contribution in [1.82, 2.24) is 10.6 Å². The highest BCUT2D eigenvalue weighted by molar-refractivity contribution is 7.89. The molecule has 0 heterocycles. The van der Waals surface area contributed by atoms with Crippen LogP contribution in [0.4, 0.5) is 13.2 Å². The van der Waals surface area contributed by atoms with Crippen molar-refractivity contribution in [2.24, 2.45) is 10.1 Å². The van der Waals surface area contributed by atoms with E-state index in [9.17, 15) is 21.6 Å². The normalized spacial score (nSPS) is 13.0. The van der Waals surface area contributed by atoms with E-state index in [-0.39, 0.29) is 23.9 Å². The van der Waals surface area contributed by atoms with Gasteiger partial charge >= 0.3 is 6.18 Å². The molecule has 0 radical (unpaired) electrons. The van der Waals surface area contributed by atoms with Crippen molar-refractivity contribution < 1.29 is 21.6 Å². The van der Waals surface area contributed by atoms with E-state index in [0.29, 0.717) is 0 Å². The second-order valence-corrected chi connectivity index (χ2v) is 5.97. The van der Waals surface area contributed by atoms with Gasteiger partial charge in [-0.05, 0) is 17.7 Å². The van der Waals surface area contributed by atoms with Gasteiger partial charge in [-0.1, -0.05) is 12.1 Å². The fourth-order valence-electron chi connectivity index (χ4n) is 1.53. The molecule has 0 aromatic heterocycles. The summed E-state index contributed by atoms with van der Waals surface area (Å²) in [7, 11) is -2.31. The third-order valence-corrected chi connectivity index (χ3v) is 3.57. The van der Waals surface area contributed by atoms with E-state index in [0.717, 1.165) is 5.56 Å². The average Bonchev–Trinajstić information content (AvgIpc) is 2.41. The van der Waals surface area contributed by atoms with Crippen LogP contribution in [0.2, 0.25) is 0 Å². The molecule has 0 aliphatic rings. The van der Waals surface area contributed by atoms with Gasteiger partial charge in [0.15, 0.2) is 5.96 Å². The summed E-state index contributed by atoms with van der Waals surface area (Å²) >= 11 is 0. The van der Waals surface area contributed by atoms with Crippen LogP contribution in [-0.4, -0.2) is 34.1 Å². The maximum Gasteiger partial charge on any atom is 0.390 e. The van der Waals surface area contributed by atoms with E-state index >= 15 is 0 Å². The first kappa shape index (κ1) is 18.2. The first-order chi connectivity index (χ1) is 10.1. The Morgan fingerprint density at radius 1 is 1.23 bits per heavy atom. The Balaban J connectivity index is 2.50. The van der Waals surface area contributed by atoms with Crippen LogP contribution in [0.3, 0.4) is 0 Å². The predicted octanol–water partition coefficient (Wildman–Crippen LogP) is 0.951. The first-order valence-electron chi connectivity index (χ1n) is 6.25. The van der Waals surface area contributed by atoms with Crippen molar-refractivity contribution in [3.8, 4) is 0 Å². The summed E-state index contributed by atoms with van der Waals surface area (Å²) in [5, 5.41) is 10.3. The molecule has 0 saturated carbocycles. The molecule has 0 fully saturated rings. The minimum absolute atomic E-state index is 0.0102. The van der Waals surface area contributed by atoms with Gasteiger partial charge in [-0.2, -0.15) is 13.2 Å². The predicted molar refractivity (Wildman–Crippen MR) is 76.7 cm³/mol. The Morgan fingerprint density at radius 3 is 2.27 bits per heavy atom. The molecule has 124 valence electrons. The fraction of sp³-hybridized carbons (Fsp3) is 0.417. The van der Waals surface area contributed by atoms with Crippen LogP contribution < -0.4 is 15.8 Å². The SMILES string of the molecule is CN=C(NCCC(F)(F)F)NCc1ccc(S(N)(=O)=O)cc1. The van der Waals surface area contributed by atoms with E-state index in [4.69, 9.17) is 5.14 Å². The Labute approximate surface area is 126 Å². The maximum absolute atomic E-state index is 12.0. The number of hydrogen-bond donors (Lipinski definition) is 3. The molecule has 10 heteroatoms. The second-order valence-electron chi connectivity index (χ2n) is 4.41. The van der Waals surface area contributed by atoms with Gasteiger partial charge in [0.25, 0.3) is 0 Å². The Morgan fingerprint density at radius 2 is 1.82 bits per heavy atom. The number of hydrogen-bond acceptors (Lipinski definition) is 3. The first-order valence-corrected chi connectivity index (χ1v) is 7.79. The molecule has 0 amide bonds. The Kier molecular flexibility index (Phi) is 6.18. The average molecular weight is 338 g/mol. The number of nitrogens with one attached hydrogen (secondary N) is 2. The van der Waals surface area contributed by atoms with Crippen molar-refractivity contribution in [2.75, 3.05) is 13.6 Å². The molecule has 6 nitrogen and oxygen atoms in total. The molecule has 4 N–H and O–H groups in total. The largest absolute Gasteiger partial charge is 0.390 e. The van der Waals surface area contributed by atoms with E-state index in [1.165, 1.54) is 19.2 Å². The van der Waals surface area contributed by atoms with E-state index in [1.54, 1.807) is 12.1 Å². The number of primary sulfonamides is 1. The lowest BCUT2D eigenvalue weighted by molar-refractivity contribution is -0.132. The van der Waals surface area contributed by atoms with Crippen LogP contribution in [0.15, 0.2) is 34.2 Å². The number of nitrogens with two attached hydrogens (primary N) is 1. The van der Waals surface area contributed by atoms with Crippen molar-refractivity contribution in [3.63, 3.8) is 0 Å². The summed E-state index contributed by atoms with van der Waals surface area (Å²) in [6.07, 6.45) is -5.19. The number of rotatable bonds is 5. The number of sulfonamides is 1. The lowest BCUT2D eigenvalue weighted by atomic mass is 10.2. The van der Waals surface area contributed by atoms with Crippen LogP contribution in [0.25, 0.3) is 0 Å². The quantitative estimate of drug-likeness (QED) is 0.550. The second kappa shape index (κ2) is 7.45. The van der Waals surface area contributed by atoms with Gasteiger partial charge in [0.05, 0.1) is 11.3 Å². The van der Waals surface area contributed by atoms with Crippen LogP contribution in [0, 0.1) is 0 Å².